The van der Waals surface area contributed by atoms with Crippen LogP contribution in [0.2, 0.25) is 0 Å². The maximum atomic E-state index is 10.3. The molecule has 0 saturated carbocycles. The zero-order valence-electron chi connectivity index (χ0n) is 12.6. The summed E-state index contributed by atoms with van der Waals surface area (Å²) in [5, 5.41) is 0. The van der Waals surface area contributed by atoms with Crippen LogP contribution in [0.25, 0.3) is 0 Å². The van der Waals surface area contributed by atoms with Gasteiger partial charge in [0.25, 0.3) is 0 Å². The average molecular weight is 600 g/mol. The summed E-state index contributed by atoms with van der Waals surface area (Å²) >= 11 is 25.5. The van der Waals surface area contributed by atoms with Crippen LogP contribution in [0.4, 0.5) is 0 Å². The molecule has 0 amide bonds. The number of hydrogen-bond donors (Lipinski definition) is 0. The Morgan fingerprint density at radius 1 is 0.680 bits per heavy atom. The van der Waals surface area contributed by atoms with Crippen molar-refractivity contribution in [3.8, 4) is 0 Å². The zero-order valence-corrected chi connectivity index (χ0v) is 22.2. The Morgan fingerprint density at radius 2 is 0.840 bits per heavy atom. The minimum atomic E-state index is -3.09. The van der Waals surface area contributed by atoms with Crippen LogP contribution in [0.1, 0.15) is 0 Å². The molecule has 0 spiro atoms. The third kappa shape index (κ3) is 52.0. The quantitative estimate of drug-likeness (QED) is 0.163. The van der Waals surface area contributed by atoms with E-state index in [-0.39, 0.29) is 40.9 Å². The fourth-order valence-corrected chi connectivity index (χ4v) is 2.39. The summed E-state index contributed by atoms with van der Waals surface area (Å²) in [5.41, 5.74) is -9.26. The van der Waals surface area contributed by atoms with E-state index >= 15 is 0 Å². The molecule has 0 fully saturated rings. The molecule has 3 unspecified atom stereocenters. The second-order valence-corrected chi connectivity index (χ2v) is 17.3. The normalized spacial score (nSPS) is 16.6. The van der Waals surface area contributed by atoms with Crippen molar-refractivity contribution in [2.45, 2.75) is 0 Å². The van der Waals surface area contributed by atoms with Crippen molar-refractivity contribution in [3.63, 3.8) is 0 Å². The summed E-state index contributed by atoms with van der Waals surface area (Å²) in [6.07, 6.45) is 4.35. The molecular formula is C9H15MoO6P3S6. The van der Waals surface area contributed by atoms with Gasteiger partial charge in [-0.05, 0) is 0 Å². The van der Waals surface area contributed by atoms with E-state index in [0.717, 1.165) is 0 Å². The summed E-state index contributed by atoms with van der Waals surface area (Å²) in [6, 6.07) is 0. The minimum Gasteiger partial charge on any atom is -0.819 e. The van der Waals surface area contributed by atoms with Crippen LogP contribution in [0.3, 0.4) is 0 Å². The first-order valence-corrected chi connectivity index (χ1v) is 16.5. The fraction of sp³-hybridized carbons (Fsp3) is 0.333. The second kappa shape index (κ2) is 20.0. The first kappa shape index (κ1) is 35.1. The molecule has 6 nitrogen and oxygen atoms in total. The molecule has 25 heavy (non-hydrogen) atoms. The molecule has 0 aromatic carbocycles. The Bertz CT molecular complexity index is 433. The van der Waals surface area contributed by atoms with Crippen molar-refractivity contribution in [1.29, 1.82) is 0 Å². The van der Waals surface area contributed by atoms with Gasteiger partial charge < -0.3 is 65.0 Å². The van der Waals surface area contributed by atoms with Crippen LogP contribution in [0, 0.1) is 0 Å². The zero-order chi connectivity index (χ0) is 19.9. The summed E-state index contributed by atoms with van der Waals surface area (Å²) < 4.78 is 13.3. The summed E-state index contributed by atoms with van der Waals surface area (Å²) in [5.74, 6) is 0. The van der Waals surface area contributed by atoms with E-state index in [0.29, 0.717) is 0 Å². The van der Waals surface area contributed by atoms with Crippen molar-refractivity contribution in [2.75, 3.05) is 19.8 Å². The average Bonchev–Trinajstić information content (AvgIpc) is 2.39. The van der Waals surface area contributed by atoms with Gasteiger partial charge in [0.05, 0.1) is 19.8 Å². The van der Waals surface area contributed by atoms with Crippen LogP contribution in [0.5, 0.6) is 0 Å². The van der Waals surface area contributed by atoms with Crippen LogP contribution < -0.4 is 14.7 Å². The van der Waals surface area contributed by atoms with E-state index in [4.69, 9.17) is 0 Å². The molecule has 0 saturated heterocycles. The minimum absolute atomic E-state index is 0. The summed E-state index contributed by atoms with van der Waals surface area (Å²) in [7, 11) is 0. The molecule has 0 aromatic heterocycles. The van der Waals surface area contributed by atoms with Crippen molar-refractivity contribution < 1.29 is 49.3 Å². The van der Waals surface area contributed by atoms with Gasteiger partial charge in [0.2, 0.25) is 0 Å². The molecule has 0 aliphatic rings. The Labute approximate surface area is 194 Å². The SMILES string of the molecule is C=CCOP([O-])(=S)[S-].C=CCOP([O-])(=S)[S-].C=CCOP([O-])(=S)[S-].[Mo+6]. The van der Waals surface area contributed by atoms with E-state index in [9.17, 15) is 14.7 Å². The number of rotatable bonds is 9. The standard InChI is InChI=1S/3C3H7O2PS2.Mo/c3*1-2-3-5-6(4,7)8;/h3*2H,1,3H2,(H2,4,7,8);/q;;;+6/p-6. The molecular weight excluding hydrogens is 585 g/mol. The van der Waals surface area contributed by atoms with Gasteiger partial charge in [-0.1, -0.05) is 18.2 Å². The van der Waals surface area contributed by atoms with Crippen molar-refractivity contribution in [1.82, 2.24) is 0 Å². The molecule has 144 valence electrons. The van der Waals surface area contributed by atoms with E-state index in [1.54, 1.807) is 0 Å². The topological polar surface area (TPSA) is 96.9 Å². The largest absolute Gasteiger partial charge is 6.00 e. The van der Waals surface area contributed by atoms with Crippen molar-refractivity contribution in [2.24, 2.45) is 0 Å². The van der Waals surface area contributed by atoms with Gasteiger partial charge in [-0.3, -0.25) is 0 Å². The van der Waals surface area contributed by atoms with E-state index in [1.165, 1.54) is 18.2 Å². The Balaban J connectivity index is -0.000000130. The van der Waals surface area contributed by atoms with Crippen molar-refractivity contribution >= 4 is 89.2 Å². The van der Waals surface area contributed by atoms with Gasteiger partial charge in [0, 0.05) is 0 Å². The van der Waals surface area contributed by atoms with Crippen LogP contribution >= 0.6 is 17.1 Å². The molecule has 0 radical (unpaired) electrons. The van der Waals surface area contributed by atoms with Crippen molar-refractivity contribution in [3.05, 3.63) is 38.0 Å². The Morgan fingerprint density at radius 3 is 0.880 bits per heavy atom. The van der Waals surface area contributed by atoms with Gasteiger partial charge in [-0.2, -0.15) is 0 Å². The second-order valence-electron chi connectivity index (χ2n) is 3.09. The predicted molar refractivity (Wildman–Crippen MR) is 113 cm³/mol. The van der Waals surface area contributed by atoms with Crippen LogP contribution in [0.15, 0.2) is 38.0 Å². The molecule has 0 N–H and O–H groups in total. The summed E-state index contributed by atoms with van der Waals surface area (Å²) in [6.45, 7) is 10.5. The Hall–Kier alpha value is 2.67. The monoisotopic (exact) mass is 602 g/mol. The van der Waals surface area contributed by atoms with Gasteiger partial charge in [0.1, 0.15) is 0 Å². The third-order valence-electron chi connectivity index (χ3n) is 1.05. The smallest absolute Gasteiger partial charge is 0.819 e. The molecule has 0 bridgehead atoms. The van der Waals surface area contributed by atoms with Gasteiger partial charge >= 0.3 is 21.1 Å². The van der Waals surface area contributed by atoms with Crippen LogP contribution in [-0.2, 0) is 107 Å². The third-order valence-corrected chi connectivity index (χ3v) is 4.34. The number of hydrogen-bond acceptors (Lipinski definition) is 12. The Kier molecular flexibility index (Phi) is 28.0. The van der Waals surface area contributed by atoms with Gasteiger partial charge in [0.15, 0.2) is 0 Å². The van der Waals surface area contributed by atoms with Gasteiger partial charge in [-0.15, -0.1) is 72.2 Å². The molecule has 16 heteroatoms. The molecule has 0 aromatic rings. The first-order chi connectivity index (χ1) is 10.7. The van der Waals surface area contributed by atoms with Gasteiger partial charge in [-0.25, -0.2) is 0 Å². The molecule has 0 aliphatic carbocycles. The molecule has 0 heterocycles. The van der Waals surface area contributed by atoms with E-state index in [1.807, 2.05) is 0 Å². The maximum absolute atomic E-state index is 10.3. The molecule has 0 rings (SSSR count). The summed E-state index contributed by atoms with van der Waals surface area (Å²) in [4.78, 5) is 31.0. The van der Waals surface area contributed by atoms with E-state index in [2.05, 4.69) is 105 Å². The molecule has 0 aliphatic heterocycles. The van der Waals surface area contributed by atoms with Crippen LogP contribution in [-0.4, -0.2) is 19.8 Å². The fourth-order valence-electron chi connectivity index (χ4n) is 0.432. The van der Waals surface area contributed by atoms with E-state index < -0.39 is 17.1 Å². The first-order valence-electron chi connectivity index (χ1n) is 5.51. The molecule has 3 atom stereocenters. The predicted octanol–water partition coefficient (Wildman–Crippen LogP) is 0.960. The maximum Gasteiger partial charge on any atom is 6.00 e.